The second-order valence-electron chi connectivity index (χ2n) is 6.14. The lowest BCUT2D eigenvalue weighted by Crippen LogP contribution is -2.26. The number of fused-ring (bicyclic) bond motifs is 1. The highest BCUT2D eigenvalue weighted by atomic mass is 16.5. The van der Waals surface area contributed by atoms with Crippen LogP contribution in [0.4, 0.5) is 11.4 Å². The van der Waals surface area contributed by atoms with E-state index >= 15 is 0 Å². The average molecular weight is 350 g/mol. The van der Waals surface area contributed by atoms with Crippen molar-refractivity contribution < 1.29 is 14.3 Å². The Morgan fingerprint density at radius 1 is 1.04 bits per heavy atom. The Bertz CT molecular complexity index is 943. The first-order valence-corrected chi connectivity index (χ1v) is 8.48. The van der Waals surface area contributed by atoms with Crippen molar-refractivity contribution in [1.82, 2.24) is 10.2 Å². The van der Waals surface area contributed by atoms with Gasteiger partial charge in [-0.05, 0) is 43.2 Å². The number of anilines is 2. The fourth-order valence-corrected chi connectivity index (χ4v) is 2.97. The Hall–Kier alpha value is -3.19. The lowest BCUT2D eigenvalue weighted by atomic mass is 10.2. The monoisotopic (exact) mass is 350 g/mol. The molecule has 3 N–H and O–H groups in total. The standard InChI is InChI=1S/C19H18N4O3/c24-18(16-6-3-11-26-16)20-12-7-9-13(10-8-12)21-19(25)17-14-4-1-2-5-15(14)22-23-17/h1-2,4-5,7-10,16H,3,6,11H2,(H,20,24)(H,21,25)(H,22,23). The normalized spacial score (nSPS) is 16.5. The summed E-state index contributed by atoms with van der Waals surface area (Å²) in [7, 11) is 0. The van der Waals surface area contributed by atoms with Crippen molar-refractivity contribution in [3.8, 4) is 0 Å². The highest BCUT2D eigenvalue weighted by Gasteiger charge is 2.23. The molecular weight excluding hydrogens is 332 g/mol. The summed E-state index contributed by atoms with van der Waals surface area (Å²) in [6.45, 7) is 0.630. The van der Waals surface area contributed by atoms with Crippen LogP contribution in [0, 0.1) is 0 Å². The minimum Gasteiger partial charge on any atom is -0.368 e. The van der Waals surface area contributed by atoms with Gasteiger partial charge in [-0.25, -0.2) is 0 Å². The van der Waals surface area contributed by atoms with Gasteiger partial charge in [0.15, 0.2) is 5.69 Å². The van der Waals surface area contributed by atoms with Gasteiger partial charge < -0.3 is 15.4 Å². The van der Waals surface area contributed by atoms with Crippen molar-refractivity contribution in [1.29, 1.82) is 0 Å². The number of H-pyrrole nitrogens is 1. The Kier molecular flexibility index (Phi) is 4.37. The van der Waals surface area contributed by atoms with Crippen LogP contribution in [-0.2, 0) is 9.53 Å². The van der Waals surface area contributed by atoms with Crippen LogP contribution in [0.2, 0.25) is 0 Å². The summed E-state index contributed by atoms with van der Waals surface area (Å²) in [5.41, 5.74) is 2.44. The molecule has 1 unspecified atom stereocenters. The van der Waals surface area contributed by atoms with Gasteiger partial charge in [0.2, 0.25) is 0 Å². The SMILES string of the molecule is O=C(Nc1ccc(NC(=O)C2CCCO2)cc1)c1n[nH]c2ccccc12. The van der Waals surface area contributed by atoms with Crippen molar-refractivity contribution in [3.63, 3.8) is 0 Å². The Morgan fingerprint density at radius 2 is 1.77 bits per heavy atom. The van der Waals surface area contributed by atoms with Gasteiger partial charge in [0.1, 0.15) is 6.10 Å². The molecule has 0 aliphatic carbocycles. The molecule has 1 saturated heterocycles. The van der Waals surface area contributed by atoms with E-state index < -0.39 is 0 Å². The molecule has 1 aliphatic heterocycles. The van der Waals surface area contributed by atoms with Gasteiger partial charge in [0.05, 0.1) is 5.52 Å². The lowest BCUT2D eigenvalue weighted by molar-refractivity contribution is -0.124. The molecule has 3 aromatic rings. The number of amides is 2. The lowest BCUT2D eigenvalue weighted by Gasteiger charge is -2.11. The second kappa shape index (κ2) is 6.97. The molecule has 2 aromatic carbocycles. The molecule has 1 atom stereocenters. The minimum absolute atomic E-state index is 0.137. The number of nitrogens with zero attached hydrogens (tertiary/aromatic N) is 1. The number of aromatic amines is 1. The Morgan fingerprint density at radius 3 is 2.50 bits per heavy atom. The van der Waals surface area contributed by atoms with Crippen LogP contribution < -0.4 is 10.6 Å². The van der Waals surface area contributed by atoms with E-state index in [0.717, 1.165) is 23.7 Å². The van der Waals surface area contributed by atoms with Crippen LogP contribution >= 0.6 is 0 Å². The number of carbonyl (C=O) groups excluding carboxylic acids is 2. The molecule has 4 rings (SSSR count). The highest BCUT2D eigenvalue weighted by Crippen LogP contribution is 2.19. The molecule has 7 heteroatoms. The first-order valence-electron chi connectivity index (χ1n) is 8.48. The van der Waals surface area contributed by atoms with Crippen LogP contribution in [0.1, 0.15) is 23.3 Å². The number of hydrogen-bond donors (Lipinski definition) is 3. The molecule has 0 bridgehead atoms. The molecule has 0 radical (unpaired) electrons. The van der Waals surface area contributed by atoms with Gasteiger partial charge in [-0.2, -0.15) is 5.10 Å². The van der Waals surface area contributed by atoms with Gasteiger partial charge in [-0.15, -0.1) is 0 Å². The Balaban J connectivity index is 1.42. The summed E-state index contributed by atoms with van der Waals surface area (Å²) >= 11 is 0. The first-order chi connectivity index (χ1) is 12.7. The molecule has 132 valence electrons. The van der Waals surface area contributed by atoms with Crippen LogP contribution in [-0.4, -0.2) is 34.7 Å². The third kappa shape index (κ3) is 3.29. The van der Waals surface area contributed by atoms with E-state index in [2.05, 4.69) is 20.8 Å². The van der Waals surface area contributed by atoms with Gasteiger partial charge in [-0.1, -0.05) is 18.2 Å². The molecule has 2 amide bonds. The van der Waals surface area contributed by atoms with Gasteiger partial charge in [0.25, 0.3) is 11.8 Å². The third-order valence-electron chi connectivity index (χ3n) is 4.32. The van der Waals surface area contributed by atoms with Crippen LogP contribution in [0.25, 0.3) is 10.9 Å². The molecule has 0 spiro atoms. The van der Waals surface area contributed by atoms with Crippen LogP contribution in [0.15, 0.2) is 48.5 Å². The first kappa shape index (κ1) is 16.3. The maximum absolute atomic E-state index is 12.4. The third-order valence-corrected chi connectivity index (χ3v) is 4.32. The maximum Gasteiger partial charge on any atom is 0.276 e. The second-order valence-corrected chi connectivity index (χ2v) is 6.14. The molecule has 1 aromatic heterocycles. The quantitative estimate of drug-likeness (QED) is 0.674. The van der Waals surface area contributed by atoms with E-state index in [1.165, 1.54) is 0 Å². The summed E-state index contributed by atoms with van der Waals surface area (Å²) in [5.74, 6) is -0.430. The number of aromatic nitrogens is 2. The molecule has 7 nitrogen and oxygen atoms in total. The Labute approximate surface area is 149 Å². The van der Waals surface area contributed by atoms with E-state index in [-0.39, 0.29) is 17.9 Å². The molecule has 2 heterocycles. The number of carbonyl (C=O) groups is 2. The zero-order valence-corrected chi connectivity index (χ0v) is 14.0. The molecule has 0 saturated carbocycles. The van der Waals surface area contributed by atoms with E-state index in [0.29, 0.717) is 23.7 Å². The predicted molar refractivity (Wildman–Crippen MR) is 98.1 cm³/mol. The van der Waals surface area contributed by atoms with Crippen molar-refractivity contribution in [3.05, 3.63) is 54.2 Å². The zero-order valence-electron chi connectivity index (χ0n) is 14.0. The van der Waals surface area contributed by atoms with Gasteiger partial charge in [-0.3, -0.25) is 14.7 Å². The summed E-state index contributed by atoms with van der Waals surface area (Å²) in [5, 5.41) is 13.3. The summed E-state index contributed by atoms with van der Waals surface area (Å²) in [6, 6.07) is 14.4. The molecule has 1 aliphatic rings. The van der Waals surface area contributed by atoms with E-state index in [1.807, 2.05) is 24.3 Å². The van der Waals surface area contributed by atoms with E-state index in [4.69, 9.17) is 4.74 Å². The topological polar surface area (TPSA) is 96.1 Å². The number of benzene rings is 2. The number of para-hydroxylation sites is 1. The minimum atomic E-state index is -0.373. The summed E-state index contributed by atoms with van der Waals surface area (Å²) in [6.07, 6.45) is 1.28. The zero-order chi connectivity index (χ0) is 17.9. The predicted octanol–water partition coefficient (Wildman–Crippen LogP) is 2.93. The molecular formula is C19H18N4O3. The number of ether oxygens (including phenoxy) is 1. The number of rotatable bonds is 4. The maximum atomic E-state index is 12.4. The van der Waals surface area contributed by atoms with Gasteiger partial charge in [0, 0.05) is 23.4 Å². The largest absolute Gasteiger partial charge is 0.368 e. The average Bonchev–Trinajstić information content (AvgIpc) is 3.33. The van der Waals surface area contributed by atoms with Crippen molar-refractivity contribution in [2.45, 2.75) is 18.9 Å². The fraction of sp³-hybridized carbons (Fsp3) is 0.211. The van der Waals surface area contributed by atoms with Crippen LogP contribution in [0.5, 0.6) is 0 Å². The number of hydrogen-bond acceptors (Lipinski definition) is 4. The van der Waals surface area contributed by atoms with Crippen molar-refractivity contribution in [2.24, 2.45) is 0 Å². The van der Waals surface area contributed by atoms with Crippen LogP contribution in [0.3, 0.4) is 0 Å². The van der Waals surface area contributed by atoms with E-state index in [9.17, 15) is 9.59 Å². The molecule has 26 heavy (non-hydrogen) atoms. The summed E-state index contributed by atoms with van der Waals surface area (Å²) < 4.78 is 5.36. The van der Waals surface area contributed by atoms with E-state index in [1.54, 1.807) is 24.3 Å². The summed E-state index contributed by atoms with van der Waals surface area (Å²) in [4.78, 5) is 24.5. The number of nitrogens with one attached hydrogen (secondary N) is 3. The smallest absolute Gasteiger partial charge is 0.276 e. The van der Waals surface area contributed by atoms with Gasteiger partial charge >= 0.3 is 0 Å². The highest BCUT2D eigenvalue weighted by molar-refractivity contribution is 6.11. The van der Waals surface area contributed by atoms with Crippen molar-refractivity contribution >= 4 is 34.1 Å². The molecule has 1 fully saturated rings. The fourth-order valence-electron chi connectivity index (χ4n) is 2.97. The van der Waals surface area contributed by atoms with Crippen molar-refractivity contribution in [2.75, 3.05) is 17.2 Å².